The third-order valence-electron chi connectivity index (χ3n) is 2.61. The number of hydrogen-bond donors (Lipinski definition) is 1. The lowest BCUT2D eigenvalue weighted by molar-refractivity contribution is -0.131. The fourth-order valence-corrected chi connectivity index (χ4v) is 1.95. The molecule has 0 aliphatic rings. The zero-order valence-electron chi connectivity index (χ0n) is 10.8. The highest BCUT2D eigenvalue weighted by atomic mass is 79.9. The largest absolute Gasteiger partial charge is 0.478 e. The molecule has 1 N–H and O–H groups in total. The van der Waals surface area contributed by atoms with Crippen molar-refractivity contribution in [2.45, 2.75) is 6.92 Å². The lowest BCUT2D eigenvalue weighted by atomic mass is 10.1. The summed E-state index contributed by atoms with van der Waals surface area (Å²) < 4.78 is 6.76. The van der Waals surface area contributed by atoms with E-state index in [2.05, 4.69) is 15.9 Å². The van der Waals surface area contributed by atoms with Gasteiger partial charge in [0.25, 0.3) is 0 Å². The van der Waals surface area contributed by atoms with Gasteiger partial charge in [0.1, 0.15) is 11.5 Å². The maximum Gasteiger partial charge on any atom is 0.328 e. The lowest BCUT2D eigenvalue weighted by Gasteiger charge is -2.09. The molecule has 0 spiro atoms. The second kappa shape index (κ2) is 6.39. The zero-order valence-corrected chi connectivity index (χ0v) is 12.4. The summed E-state index contributed by atoms with van der Waals surface area (Å²) in [5.74, 6) is 0.332. The Morgan fingerprint density at radius 3 is 2.55 bits per heavy atom. The lowest BCUT2D eigenvalue weighted by Crippen LogP contribution is -1.90. The van der Waals surface area contributed by atoms with Gasteiger partial charge in [-0.25, -0.2) is 4.79 Å². The molecule has 2 aromatic carbocycles. The predicted molar refractivity (Wildman–Crippen MR) is 82.1 cm³/mol. The summed E-state index contributed by atoms with van der Waals surface area (Å²) in [6.07, 6.45) is 2.63. The Balaban J connectivity index is 2.30. The number of carbonyl (C=O) groups is 1. The minimum atomic E-state index is -0.985. The number of aliphatic carboxylic acids is 1. The quantitative estimate of drug-likeness (QED) is 0.829. The highest BCUT2D eigenvalue weighted by Crippen LogP contribution is 2.28. The number of hydrogen-bond acceptors (Lipinski definition) is 2. The van der Waals surface area contributed by atoms with E-state index in [0.29, 0.717) is 11.5 Å². The minimum Gasteiger partial charge on any atom is -0.478 e. The summed E-state index contributed by atoms with van der Waals surface area (Å²) in [4.78, 5) is 10.6. The SMILES string of the molecule is Cc1ccc(Oc2ccc(Br)cc2)c(/C=C/C(=O)O)c1. The van der Waals surface area contributed by atoms with Gasteiger partial charge in [0.15, 0.2) is 0 Å². The van der Waals surface area contributed by atoms with Gasteiger partial charge in [-0.05, 0) is 49.4 Å². The van der Waals surface area contributed by atoms with Crippen LogP contribution in [0.2, 0.25) is 0 Å². The molecule has 20 heavy (non-hydrogen) atoms. The monoisotopic (exact) mass is 332 g/mol. The molecule has 102 valence electrons. The van der Waals surface area contributed by atoms with Crippen molar-refractivity contribution in [1.29, 1.82) is 0 Å². The number of carboxylic acid groups (broad SMARTS) is 1. The molecule has 3 nitrogen and oxygen atoms in total. The highest BCUT2D eigenvalue weighted by Gasteiger charge is 2.04. The van der Waals surface area contributed by atoms with Gasteiger partial charge >= 0.3 is 5.97 Å². The second-order valence-corrected chi connectivity index (χ2v) is 5.18. The molecule has 0 amide bonds. The minimum absolute atomic E-state index is 0.621. The number of halogens is 1. The van der Waals surface area contributed by atoms with Gasteiger partial charge < -0.3 is 9.84 Å². The first kappa shape index (κ1) is 14.3. The first-order chi connectivity index (χ1) is 9.54. The van der Waals surface area contributed by atoms with Crippen molar-refractivity contribution in [2.24, 2.45) is 0 Å². The van der Waals surface area contributed by atoms with Crippen molar-refractivity contribution in [1.82, 2.24) is 0 Å². The van der Waals surface area contributed by atoms with Crippen LogP contribution in [0.4, 0.5) is 0 Å². The molecule has 0 atom stereocenters. The molecule has 0 saturated carbocycles. The third-order valence-corrected chi connectivity index (χ3v) is 3.14. The number of ether oxygens (including phenoxy) is 1. The van der Waals surface area contributed by atoms with Gasteiger partial charge in [0.05, 0.1) is 0 Å². The Morgan fingerprint density at radius 2 is 1.90 bits per heavy atom. The fraction of sp³-hybridized carbons (Fsp3) is 0.0625. The molecule has 4 heteroatoms. The Hall–Kier alpha value is -2.07. The van der Waals surface area contributed by atoms with E-state index in [0.717, 1.165) is 21.7 Å². The maximum atomic E-state index is 10.6. The van der Waals surface area contributed by atoms with E-state index in [1.807, 2.05) is 49.4 Å². The molecule has 0 aliphatic carbocycles. The molecule has 0 aliphatic heterocycles. The number of rotatable bonds is 4. The summed E-state index contributed by atoms with van der Waals surface area (Å²) >= 11 is 3.36. The van der Waals surface area contributed by atoms with E-state index in [1.165, 1.54) is 6.08 Å². The first-order valence-corrected chi connectivity index (χ1v) is 6.79. The standard InChI is InChI=1S/C16H13BrO3/c1-11-2-8-15(12(10-11)3-9-16(18)19)20-14-6-4-13(17)5-7-14/h2-10H,1H3,(H,18,19)/b9-3+. The van der Waals surface area contributed by atoms with Crippen molar-refractivity contribution < 1.29 is 14.6 Å². The molecular formula is C16H13BrO3. The third kappa shape index (κ3) is 3.96. The molecule has 0 unspecified atom stereocenters. The summed E-state index contributed by atoms with van der Waals surface area (Å²) in [5, 5.41) is 8.72. The molecule has 0 aromatic heterocycles. The number of aryl methyl sites for hydroxylation is 1. The van der Waals surface area contributed by atoms with Gasteiger partial charge in [-0.1, -0.05) is 27.6 Å². The summed E-state index contributed by atoms with van der Waals surface area (Å²) in [5.41, 5.74) is 1.77. The van der Waals surface area contributed by atoms with Crippen LogP contribution in [0, 0.1) is 6.92 Å². The van der Waals surface area contributed by atoms with Crippen molar-refractivity contribution in [3.63, 3.8) is 0 Å². The Bertz CT molecular complexity index is 645. The van der Waals surface area contributed by atoms with Gasteiger partial charge in [-0.2, -0.15) is 0 Å². The first-order valence-electron chi connectivity index (χ1n) is 6.00. The van der Waals surface area contributed by atoms with Crippen LogP contribution >= 0.6 is 15.9 Å². The van der Waals surface area contributed by atoms with E-state index in [1.54, 1.807) is 0 Å². The van der Waals surface area contributed by atoms with Crippen LogP contribution in [0.15, 0.2) is 53.0 Å². The fourth-order valence-electron chi connectivity index (χ4n) is 1.68. The maximum absolute atomic E-state index is 10.6. The second-order valence-electron chi connectivity index (χ2n) is 4.27. The van der Waals surface area contributed by atoms with Crippen molar-refractivity contribution in [3.05, 3.63) is 64.1 Å². The van der Waals surface area contributed by atoms with Crippen LogP contribution in [-0.4, -0.2) is 11.1 Å². The smallest absolute Gasteiger partial charge is 0.328 e. The van der Waals surface area contributed by atoms with Gasteiger partial charge in [-0.3, -0.25) is 0 Å². The molecule has 2 rings (SSSR count). The molecule has 0 heterocycles. The van der Waals surface area contributed by atoms with Crippen LogP contribution in [-0.2, 0) is 4.79 Å². The number of carboxylic acids is 1. The van der Waals surface area contributed by atoms with Crippen molar-refractivity contribution in [3.8, 4) is 11.5 Å². The van der Waals surface area contributed by atoms with Crippen LogP contribution in [0.1, 0.15) is 11.1 Å². The van der Waals surface area contributed by atoms with Crippen molar-refractivity contribution >= 4 is 28.0 Å². The summed E-state index contributed by atoms with van der Waals surface area (Å²) in [6, 6.07) is 13.1. The van der Waals surface area contributed by atoms with Crippen LogP contribution in [0.25, 0.3) is 6.08 Å². The zero-order chi connectivity index (χ0) is 14.5. The van der Waals surface area contributed by atoms with E-state index < -0.39 is 5.97 Å². The van der Waals surface area contributed by atoms with E-state index in [9.17, 15) is 4.79 Å². The Kier molecular flexibility index (Phi) is 4.58. The average molecular weight is 333 g/mol. The average Bonchev–Trinajstić information content (AvgIpc) is 2.41. The highest BCUT2D eigenvalue weighted by molar-refractivity contribution is 9.10. The predicted octanol–water partition coefficient (Wildman–Crippen LogP) is 4.65. The summed E-state index contributed by atoms with van der Waals surface area (Å²) in [7, 11) is 0. The van der Waals surface area contributed by atoms with Gasteiger partial charge in [0, 0.05) is 16.1 Å². The Labute approximate surface area is 125 Å². The Morgan fingerprint density at radius 1 is 1.20 bits per heavy atom. The van der Waals surface area contributed by atoms with Crippen LogP contribution < -0.4 is 4.74 Å². The van der Waals surface area contributed by atoms with E-state index in [4.69, 9.17) is 9.84 Å². The van der Waals surface area contributed by atoms with Gasteiger partial charge in [-0.15, -0.1) is 0 Å². The van der Waals surface area contributed by atoms with Crippen LogP contribution in [0.3, 0.4) is 0 Å². The summed E-state index contributed by atoms with van der Waals surface area (Å²) in [6.45, 7) is 1.95. The molecule has 0 fully saturated rings. The molecule has 0 saturated heterocycles. The normalized spacial score (nSPS) is 10.7. The van der Waals surface area contributed by atoms with E-state index in [-0.39, 0.29) is 0 Å². The number of benzene rings is 2. The van der Waals surface area contributed by atoms with Crippen LogP contribution in [0.5, 0.6) is 11.5 Å². The van der Waals surface area contributed by atoms with E-state index >= 15 is 0 Å². The van der Waals surface area contributed by atoms with Crippen molar-refractivity contribution in [2.75, 3.05) is 0 Å². The molecule has 2 aromatic rings. The van der Waals surface area contributed by atoms with Gasteiger partial charge in [0.2, 0.25) is 0 Å². The molecular weight excluding hydrogens is 320 g/mol. The molecule has 0 radical (unpaired) electrons. The topological polar surface area (TPSA) is 46.5 Å². The molecule has 0 bridgehead atoms.